The predicted octanol–water partition coefficient (Wildman–Crippen LogP) is 3.13. The van der Waals surface area contributed by atoms with Crippen LogP contribution in [-0.4, -0.2) is 15.1 Å². The van der Waals surface area contributed by atoms with Crippen LogP contribution in [0.1, 0.15) is 24.3 Å². The Labute approximate surface area is 109 Å². The van der Waals surface area contributed by atoms with Crippen LogP contribution in [0.25, 0.3) is 0 Å². The van der Waals surface area contributed by atoms with Crippen molar-refractivity contribution in [1.29, 1.82) is 0 Å². The van der Waals surface area contributed by atoms with Gasteiger partial charge in [-0.1, -0.05) is 6.07 Å². The summed E-state index contributed by atoms with van der Waals surface area (Å²) in [5.74, 6) is -0.414. The standard InChI is InChI=1S/C13H13FN2OS/c1-8-6-7-15-13(16-8)18-11-5-3-4-10(14)12(11)9(2)17/h3-7,9,17H,1-2H3/t9-/m1/s1. The number of halogens is 1. The van der Waals surface area contributed by atoms with Gasteiger partial charge in [0.05, 0.1) is 6.10 Å². The van der Waals surface area contributed by atoms with E-state index in [4.69, 9.17) is 0 Å². The molecular weight excluding hydrogens is 251 g/mol. The van der Waals surface area contributed by atoms with E-state index in [1.54, 1.807) is 31.3 Å². The number of rotatable bonds is 3. The Kier molecular flexibility index (Phi) is 3.93. The zero-order valence-electron chi connectivity index (χ0n) is 10.1. The lowest BCUT2D eigenvalue weighted by molar-refractivity contribution is 0.191. The second kappa shape index (κ2) is 5.46. The van der Waals surface area contributed by atoms with Gasteiger partial charge in [-0.15, -0.1) is 0 Å². The number of benzene rings is 1. The number of aliphatic hydroxyl groups excluding tert-OH is 1. The monoisotopic (exact) mass is 264 g/mol. The third kappa shape index (κ3) is 2.86. The van der Waals surface area contributed by atoms with Crippen LogP contribution in [0.4, 0.5) is 4.39 Å². The molecular formula is C13H13FN2OS. The minimum Gasteiger partial charge on any atom is -0.389 e. The zero-order valence-corrected chi connectivity index (χ0v) is 10.9. The van der Waals surface area contributed by atoms with Gasteiger partial charge in [0.25, 0.3) is 0 Å². The van der Waals surface area contributed by atoms with Crippen LogP contribution in [0.2, 0.25) is 0 Å². The topological polar surface area (TPSA) is 46.0 Å². The fourth-order valence-electron chi connectivity index (χ4n) is 1.59. The lowest BCUT2D eigenvalue weighted by Crippen LogP contribution is -1.99. The largest absolute Gasteiger partial charge is 0.389 e. The highest BCUT2D eigenvalue weighted by Crippen LogP contribution is 2.32. The normalized spacial score (nSPS) is 12.4. The van der Waals surface area contributed by atoms with Gasteiger partial charge < -0.3 is 5.11 Å². The third-order valence-electron chi connectivity index (χ3n) is 2.40. The Bertz CT molecular complexity index is 560. The minimum absolute atomic E-state index is 0.285. The first-order valence-electron chi connectivity index (χ1n) is 5.52. The van der Waals surface area contributed by atoms with Crippen LogP contribution in [0.3, 0.4) is 0 Å². The molecule has 0 saturated carbocycles. The molecule has 0 fully saturated rings. The first kappa shape index (κ1) is 13.0. The smallest absolute Gasteiger partial charge is 0.192 e. The van der Waals surface area contributed by atoms with Crippen LogP contribution in [0.5, 0.6) is 0 Å². The molecule has 5 heteroatoms. The van der Waals surface area contributed by atoms with Gasteiger partial charge in [0.15, 0.2) is 5.16 Å². The number of hydrogen-bond acceptors (Lipinski definition) is 4. The summed E-state index contributed by atoms with van der Waals surface area (Å²) >= 11 is 1.25. The van der Waals surface area contributed by atoms with Crippen molar-refractivity contribution in [1.82, 2.24) is 9.97 Å². The molecule has 1 heterocycles. The molecule has 1 aromatic carbocycles. The van der Waals surface area contributed by atoms with Crippen molar-refractivity contribution in [3.8, 4) is 0 Å². The van der Waals surface area contributed by atoms with E-state index in [-0.39, 0.29) is 5.56 Å². The maximum absolute atomic E-state index is 13.7. The van der Waals surface area contributed by atoms with Gasteiger partial charge in [0.2, 0.25) is 0 Å². The van der Waals surface area contributed by atoms with Crippen LogP contribution in [0, 0.1) is 12.7 Å². The van der Waals surface area contributed by atoms with Crippen LogP contribution in [-0.2, 0) is 0 Å². The van der Waals surface area contributed by atoms with Gasteiger partial charge in [-0.05, 0) is 43.8 Å². The van der Waals surface area contributed by atoms with E-state index >= 15 is 0 Å². The van der Waals surface area contributed by atoms with E-state index in [2.05, 4.69) is 9.97 Å². The Morgan fingerprint density at radius 2 is 2.11 bits per heavy atom. The van der Waals surface area contributed by atoms with Crippen molar-refractivity contribution in [2.75, 3.05) is 0 Å². The highest BCUT2D eigenvalue weighted by atomic mass is 32.2. The SMILES string of the molecule is Cc1ccnc(Sc2cccc(F)c2[C@@H](C)O)n1. The molecule has 2 rings (SSSR count). The molecule has 1 N–H and O–H groups in total. The maximum Gasteiger partial charge on any atom is 0.192 e. The minimum atomic E-state index is -0.862. The molecule has 0 aliphatic carbocycles. The summed E-state index contributed by atoms with van der Waals surface area (Å²) in [6, 6.07) is 6.50. The average Bonchev–Trinajstić information content (AvgIpc) is 2.28. The molecule has 0 amide bonds. The summed E-state index contributed by atoms with van der Waals surface area (Å²) in [6.45, 7) is 3.41. The van der Waals surface area contributed by atoms with Gasteiger partial charge in [-0.3, -0.25) is 0 Å². The summed E-state index contributed by atoms with van der Waals surface area (Å²) in [4.78, 5) is 8.99. The quantitative estimate of drug-likeness (QED) is 0.865. The number of hydrogen-bond donors (Lipinski definition) is 1. The molecule has 0 spiro atoms. The van der Waals surface area contributed by atoms with E-state index in [0.29, 0.717) is 10.1 Å². The second-order valence-corrected chi connectivity index (χ2v) is 4.92. The first-order chi connectivity index (χ1) is 8.58. The predicted molar refractivity (Wildman–Crippen MR) is 67.9 cm³/mol. The van der Waals surface area contributed by atoms with Crippen molar-refractivity contribution in [2.24, 2.45) is 0 Å². The van der Waals surface area contributed by atoms with E-state index in [9.17, 15) is 9.50 Å². The maximum atomic E-state index is 13.7. The Morgan fingerprint density at radius 1 is 1.33 bits per heavy atom. The number of aliphatic hydroxyl groups is 1. The van der Waals surface area contributed by atoms with E-state index in [1.165, 1.54) is 17.8 Å². The molecule has 0 aliphatic rings. The second-order valence-electron chi connectivity index (χ2n) is 3.91. The Morgan fingerprint density at radius 3 is 2.78 bits per heavy atom. The number of aromatic nitrogens is 2. The van der Waals surface area contributed by atoms with Crippen molar-refractivity contribution in [2.45, 2.75) is 30.0 Å². The van der Waals surface area contributed by atoms with E-state index in [1.807, 2.05) is 6.92 Å². The highest BCUT2D eigenvalue weighted by Gasteiger charge is 2.15. The van der Waals surface area contributed by atoms with E-state index in [0.717, 1.165) is 5.69 Å². The first-order valence-corrected chi connectivity index (χ1v) is 6.33. The average molecular weight is 264 g/mol. The van der Waals surface area contributed by atoms with Crippen LogP contribution < -0.4 is 0 Å². The molecule has 18 heavy (non-hydrogen) atoms. The van der Waals surface area contributed by atoms with Crippen LogP contribution in [0.15, 0.2) is 40.5 Å². The van der Waals surface area contributed by atoms with Crippen molar-refractivity contribution >= 4 is 11.8 Å². The summed E-state index contributed by atoms with van der Waals surface area (Å²) < 4.78 is 13.7. The number of nitrogens with zero attached hydrogens (tertiary/aromatic N) is 2. The van der Waals surface area contributed by atoms with Crippen molar-refractivity contribution in [3.63, 3.8) is 0 Å². The third-order valence-corrected chi connectivity index (χ3v) is 3.36. The Hall–Kier alpha value is -1.46. The molecule has 2 aromatic rings. The summed E-state index contributed by atoms with van der Waals surface area (Å²) in [5.41, 5.74) is 1.13. The summed E-state index contributed by atoms with van der Waals surface area (Å²) in [5, 5.41) is 10.2. The molecule has 0 saturated heterocycles. The molecule has 1 atom stereocenters. The van der Waals surface area contributed by atoms with Gasteiger partial charge in [0, 0.05) is 22.3 Å². The van der Waals surface area contributed by atoms with Crippen molar-refractivity contribution in [3.05, 3.63) is 47.5 Å². The fraction of sp³-hybridized carbons (Fsp3) is 0.231. The lowest BCUT2D eigenvalue weighted by Gasteiger charge is -2.11. The molecule has 0 bridgehead atoms. The molecule has 94 valence electrons. The van der Waals surface area contributed by atoms with Crippen LogP contribution >= 0.6 is 11.8 Å². The van der Waals surface area contributed by atoms with Gasteiger partial charge in [0.1, 0.15) is 5.82 Å². The van der Waals surface area contributed by atoms with Gasteiger partial charge >= 0.3 is 0 Å². The zero-order chi connectivity index (χ0) is 13.1. The van der Waals surface area contributed by atoms with E-state index < -0.39 is 11.9 Å². The Balaban J connectivity index is 2.37. The molecule has 0 unspecified atom stereocenters. The van der Waals surface area contributed by atoms with Gasteiger partial charge in [-0.25, -0.2) is 14.4 Å². The van der Waals surface area contributed by atoms with Gasteiger partial charge in [-0.2, -0.15) is 0 Å². The summed E-state index contributed by atoms with van der Waals surface area (Å²) in [6.07, 6.45) is 0.796. The highest BCUT2D eigenvalue weighted by molar-refractivity contribution is 7.99. The molecule has 1 aromatic heterocycles. The number of aryl methyl sites for hydroxylation is 1. The molecule has 0 aliphatic heterocycles. The van der Waals surface area contributed by atoms with Crippen molar-refractivity contribution < 1.29 is 9.50 Å². The molecule has 0 radical (unpaired) electrons. The summed E-state index contributed by atoms with van der Waals surface area (Å²) in [7, 11) is 0. The molecule has 3 nitrogen and oxygen atoms in total. The fourth-order valence-corrected chi connectivity index (χ4v) is 2.61. The lowest BCUT2D eigenvalue weighted by atomic mass is 10.1.